The first kappa shape index (κ1) is 14.8. The molecule has 0 atom stereocenters. The molecule has 0 aliphatic carbocycles. The van der Waals surface area contributed by atoms with Crippen LogP contribution in [0, 0.1) is 5.82 Å². The van der Waals surface area contributed by atoms with Gasteiger partial charge in [0.05, 0.1) is 0 Å². The summed E-state index contributed by atoms with van der Waals surface area (Å²) in [6.45, 7) is 0.262. The predicted molar refractivity (Wildman–Crippen MR) is 65.2 cm³/mol. The second kappa shape index (κ2) is 5.82. The second-order valence-corrected chi connectivity index (χ2v) is 3.93. The Bertz CT molecular complexity index is 636. The lowest BCUT2D eigenvalue weighted by atomic mass is 10.1. The number of hydrogen-bond donors (Lipinski definition) is 0. The van der Waals surface area contributed by atoms with Crippen LogP contribution >= 0.6 is 0 Å². The maximum absolute atomic E-state index is 13.6. The largest absolute Gasteiger partial charge is 0.573 e. The lowest BCUT2D eigenvalue weighted by Gasteiger charge is -2.10. The molecule has 3 nitrogen and oxygen atoms in total. The summed E-state index contributed by atoms with van der Waals surface area (Å²) in [4.78, 5) is 10.1. The van der Waals surface area contributed by atoms with Gasteiger partial charge < -0.3 is 9.47 Å². The second-order valence-electron chi connectivity index (χ2n) is 3.93. The highest BCUT2D eigenvalue weighted by molar-refractivity contribution is 5.65. The molecule has 0 bridgehead atoms. The molecule has 2 aromatic rings. The average molecular weight is 300 g/mol. The van der Waals surface area contributed by atoms with Gasteiger partial charge >= 0.3 is 6.36 Å². The SMILES string of the molecule is O=COc1ccc(-c2ccc(OC(F)(F)F)c(F)c2)cc1. The first-order valence-corrected chi connectivity index (χ1v) is 5.65. The van der Waals surface area contributed by atoms with Crippen LogP contribution in [0.3, 0.4) is 0 Å². The highest BCUT2D eigenvalue weighted by atomic mass is 19.4. The summed E-state index contributed by atoms with van der Waals surface area (Å²) in [5.41, 5.74) is 0.908. The molecule has 0 fully saturated rings. The summed E-state index contributed by atoms with van der Waals surface area (Å²) in [6, 6.07) is 9.14. The van der Waals surface area contributed by atoms with Crippen molar-refractivity contribution < 1.29 is 31.8 Å². The summed E-state index contributed by atoms with van der Waals surface area (Å²) in [6.07, 6.45) is -4.95. The first-order chi connectivity index (χ1) is 9.89. The van der Waals surface area contributed by atoms with Gasteiger partial charge in [-0.2, -0.15) is 0 Å². The Morgan fingerprint density at radius 2 is 1.57 bits per heavy atom. The van der Waals surface area contributed by atoms with Gasteiger partial charge in [-0.1, -0.05) is 18.2 Å². The Balaban J connectivity index is 2.25. The van der Waals surface area contributed by atoms with Gasteiger partial charge in [-0.15, -0.1) is 13.2 Å². The Hall–Kier alpha value is -2.57. The van der Waals surface area contributed by atoms with E-state index in [1.54, 1.807) is 0 Å². The van der Waals surface area contributed by atoms with Crippen molar-refractivity contribution in [1.82, 2.24) is 0 Å². The van der Waals surface area contributed by atoms with Crippen LogP contribution in [-0.2, 0) is 4.79 Å². The molecule has 2 aromatic carbocycles. The number of carbonyl (C=O) groups is 1. The van der Waals surface area contributed by atoms with Crippen molar-refractivity contribution in [3.63, 3.8) is 0 Å². The molecule has 21 heavy (non-hydrogen) atoms. The molecule has 110 valence electrons. The van der Waals surface area contributed by atoms with Crippen LogP contribution in [-0.4, -0.2) is 12.8 Å². The number of alkyl halides is 3. The van der Waals surface area contributed by atoms with Gasteiger partial charge in [-0.05, 0) is 35.4 Å². The van der Waals surface area contributed by atoms with Gasteiger partial charge in [-0.3, -0.25) is 4.79 Å². The molecule has 0 aliphatic rings. The van der Waals surface area contributed by atoms with Crippen molar-refractivity contribution in [3.05, 3.63) is 48.3 Å². The smallest absolute Gasteiger partial charge is 0.429 e. The van der Waals surface area contributed by atoms with Crippen molar-refractivity contribution in [1.29, 1.82) is 0 Å². The molecule has 0 N–H and O–H groups in total. The molecular weight excluding hydrogens is 292 g/mol. The maximum atomic E-state index is 13.6. The first-order valence-electron chi connectivity index (χ1n) is 5.65. The van der Waals surface area contributed by atoms with E-state index in [-0.39, 0.29) is 6.47 Å². The fourth-order valence-corrected chi connectivity index (χ4v) is 1.67. The minimum atomic E-state index is -4.95. The molecule has 0 amide bonds. The van der Waals surface area contributed by atoms with Gasteiger partial charge in [0.2, 0.25) is 0 Å². The van der Waals surface area contributed by atoms with Crippen LogP contribution in [0.4, 0.5) is 17.6 Å². The standard InChI is InChI=1S/C14H8F4O3/c15-12-7-10(3-6-13(12)21-14(16,17)18)9-1-4-11(5-2-9)20-8-19/h1-8H. The molecule has 0 saturated carbocycles. The Morgan fingerprint density at radius 1 is 0.952 bits per heavy atom. The molecule has 0 spiro atoms. The highest BCUT2D eigenvalue weighted by Gasteiger charge is 2.32. The normalized spacial score (nSPS) is 11.0. The molecule has 0 saturated heterocycles. The molecule has 0 radical (unpaired) electrons. The van der Waals surface area contributed by atoms with E-state index in [9.17, 15) is 22.4 Å². The van der Waals surface area contributed by atoms with Crippen LogP contribution in [0.25, 0.3) is 11.1 Å². The fraction of sp³-hybridized carbons (Fsp3) is 0.0714. The van der Waals surface area contributed by atoms with E-state index in [0.29, 0.717) is 16.9 Å². The minimum Gasteiger partial charge on any atom is -0.429 e. The molecular formula is C14H8F4O3. The van der Waals surface area contributed by atoms with Gasteiger partial charge in [-0.25, -0.2) is 4.39 Å². The molecule has 0 unspecified atom stereocenters. The third kappa shape index (κ3) is 3.95. The van der Waals surface area contributed by atoms with Crippen molar-refractivity contribution in [3.8, 4) is 22.6 Å². The number of ether oxygens (including phenoxy) is 2. The molecule has 2 rings (SSSR count). The van der Waals surface area contributed by atoms with Crippen LogP contribution in [0.15, 0.2) is 42.5 Å². The summed E-state index contributed by atoms with van der Waals surface area (Å²) in [7, 11) is 0. The Kier molecular flexibility index (Phi) is 4.11. The topological polar surface area (TPSA) is 35.5 Å². The Labute approximate surface area is 116 Å². The Morgan fingerprint density at radius 3 is 2.10 bits per heavy atom. The zero-order chi connectivity index (χ0) is 15.5. The molecule has 0 heterocycles. The quantitative estimate of drug-likeness (QED) is 0.634. The van der Waals surface area contributed by atoms with Crippen LogP contribution in [0.5, 0.6) is 11.5 Å². The van der Waals surface area contributed by atoms with Gasteiger partial charge in [0.25, 0.3) is 6.47 Å². The summed E-state index contributed by atoms with van der Waals surface area (Å²) in [5, 5.41) is 0. The van der Waals surface area contributed by atoms with Crippen LogP contribution in [0.1, 0.15) is 0 Å². The zero-order valence-electron chi connectivity index (χ0n) is 10.4. The van der Waals surface area contributed by atoms with Crippen molar-refractivity contribution in [2.75, 3.05) is 0 Å². The van der Waals surface area contributed by atoms with E-state index in [4.69, 9.17) is 0 Å². The zero-order valence-corrected chi connectivity index (χ0v) is 10.4. The maximum Gasteiger partial charge on any atom is 0.573 e. The lowest BCUT2D eigenvalue weighted by molar-refractivity contribution is -0.275. The number of carbonyl (C=O) groups excluding carboxylic acids is 1. The average Bonchev–Trinajstić information content (AvgIpc) is 2.41. The van der Waals surface area contributed by atoms with E-state index in [1.807, 2.05) is 0 Å². The van der Waals surface area contributed by atoms with E-state index in [1.165, 1.54) is 30.3 Å². The predicted octanol–water partition coefficient (Wildman–Crippen LogP) is 3.93. The monoisotopic (exact) mass is 300 g/mol. The van der Waals surface area contributed by atoms with Crippen LogP contribution < -0.4 is 9.47 Å². The van der Waals surface area contributed by atoms with Crippen molar-refractivity contribution >= 4 is 6.47 Å². The van der Waals surface area contributed by atoms with E-state index < -0.39 is 17.9 Å². The van der Waals surface area contributed by atoms with Gasteiger partial charge in [0.1, 0.15) is 5.75 Å². The highest BCUT2D eigenvalue weighted by Crippen LogP contribution is 2.30. The van der Waals surface area contributed by atoms with Crippen LogP contribution in [0.2, 0.25) is 0 Å². The van der Waals surface area contributed by atoms with Crippen molar-refractivity contribution in [2.24, 2.45) is 0 Å². The number of rotatable bonds is 4. The molecule has 0 aliphatic heterocycles. The van der Waals surface area contributed by atoms with Gasteiger partial charge in [0.15, 0.2) is 11.6 Å². The van der Waals surface area contributed by atoms with Gasteiger partial charge in [0, 0.05) is 0 Å². The van der Waals surface area contributed by atoms with E-state index >= 15 is 0 Å². The number of hydrogen-bond acceptors (Lipinski definition) is 3. The number of benzene rings is 2. The third-order valence-electron chi connectivity index (χ3n) is 2.53. The lowest BCUT2D eigenvalue weighted by Crippen LogP contribution is -2.17. The van der Waals surface area contributed by atoms with E-state index in [2.05, 4.69) is 9.47 Å². The minimum absolute atomic E-state index is 0.262. The number of halogens is 4. The molecule has 7 heteroatoms. The fourth-order valence-electron chi connectivity index (χ4n) is 1.67. The van der Waals surface area contributed by atoms with Crippen molar-refractivity contribution in [2.45, 2.75) is 6.36 Å². The molecule has 0 aromatic heterocycles. The third-order valence-corrected chi connectivity index (χ3v) is 2.53. The summed E-state index contributed by atoms with van der Waals surface area (Å²) < 4.78 is 57.8. The summed E-state index contributed by atoms with van der Waals surface area (Å²) >= 11 is 0. The summed E-state index contributed by atoms with van der Waals surface area (Å²) in [5.74, 6) is -1.73. The van der Waals surface area contributed by atoms with E-state index in [0.717, 1.165) is 12.1 Å².